The van der Waals surface area contributed by atoms with Crippen molar-refractivity contribution in [2.24, 2.45) is 11.8 Å². The minimum atomic E-state index is -0.215. The zero-order valence-electron chi connectivity index (χ0n) is 15.1. The lowest BCUT2D eigenvalue weighted by molar-refractivity contribution is 0.0766. The molecular weight excluding hydrogens is 336 g/mol. The summed E-state index contributed by atoms with van der Waals surface area (Å²) in [6.07, 6.45) is 5.29. The third-order valence-electron chi connectivity index (χ3n) is 5.88. The first-order valence-electron chi connectivity index (χ1n) is 9.27. The first-order valence-corrected chi connectivity index (χ1v) is 10.1. The van der Waals surface area contributed by atoms with Crippen molar-refractivity contribution in [3.05, 3.63) is 16.0 Å². The fraction of sp³-hybridized carbons (Fsp3) is 0.684. The molecule has 2 N–H and O–H groups in total. The van der Waals surface area contributed by atoms with Crippen LogP contribution in [0.4, 0.5) is 9.80 Å². The molecule has 2 heterocycles. The van der Waals surface area contributed by atoms with Gasteiger partial charge in [-0.05, 0) is 52.4 Å². The van der Waals surface area contributed by atoms with Crippen LogP contribution in [-0.2, 0) is 11.3 Å². The predicted molar refractivity (Wildman–Crippen MR) is 98.2 cm³/mol. The number of hydrogen-bond donors (Lipinski definition) is 2. The normalized spacial score (nSPS) is 23.1. The average molecular weight is 362 g/mol. The predicted octanol–water partition coefficient (Wildman–Crippen LogP) is 4.63. The van der Waals surface area contributed by atoms with Crippen molar-refractivity contribution in [3.8, 4) is 0 Å². The van der Waals surface area contributed by atoms with Gasteiger partial charge in [0.15, 0.2) is 5.78 Å². The van der Waals surface area contributed by atoms with E-state index in [1.807, 2.05) is 6.92 Å². The summed E-state index contributed by atoms with van der Waals surface area (Å²) < 4.78 is 5.70. The number of amides is 2. The number of thiophene rings is 1. The van der Waals surface area contributed by atoms with Gasteiger partial charge in [-0.1, -0.05) is 6.42 Å². The lowest BCUT2D eigenvalue weighted by atomic mass is 9.79. The number of hydrogen-bond acceptors (Lipinski definition) is 4. The van der Waals surface area contributed by atoms with Gasteiger partial charge in [-0.2, -0.15) is 0 Å². The molecule has 2 saturated carbocycles. The first kappa shape index (κ1) is 17.0. The van der Waals surface area contributed by atoms with Gasteiger partial charge in [0.25, 0.3) is 0 Å². The quantitative estimate of drug-likeness (QED) is 0.750. The van der Waals surface area contributed by atoms with Crippen LogP contribution in [0.15, 0.2) is 0 Å². The van der Waals surface area contributed by atoms with Crippen LogP contribution < -0.4 is 10.6 Å². The zero-order valence-corrected chi connectivity index (χ0v) is 15.9. The van der Waals surface area contributed by atoms with Crippen molar-refractivity contribution in [1.82, 2.24) is 5.32 Å². The van der Waals surface area contributed by atoms with Crippen molar-refractivity contribution in [1.29, 1.82) is 0 Å². The largest absolute Gasteiger partial charge is 0.368 e. The summed E-state index contributed by atoms with van der Waals surface area (Å²) in [6, 6.07) is -0.215. The van der Waals surface area contributed by atoms with Crippen molar-refractivity contribution >= 4 is 28.2 Å². The summed E-state index contributed by atoms with van der Waals surface area (Å²) >= 11 is 1.49. The number of Topliss-reactive ketones (excluding diaryl/α,β-unsaturated/α-hetero) is 1. The minimum absolute atomic E-state index is 0.0770. The van der Waals surface area contributed by atoms with Crippen molar-refractivity contribution in [2.75, 3.05) is 5.32 Å². The average Bonchev–Trinajstić information content (AvgIpc) is 3.19. The number of rotatable bonds is 5. The Morgan fingerprint density at radius 2 is 1.92 bits per heavy atom. The van der Waals surface area contributed by atoms with Crippen molar-refractivity contribution in [3.63, 3.8) is 0 Å². The molecule has 1 aliphatic heterocycles. The van der Waals surface area contributed by atoms with E-state index in [0.717, 1.165) is 29.7 Å². The van der Waals surface area contributed by atoms with Gasteiger partial charge in [0.1, 0.15) is 5.00 Å². The number of carbonyl (C=O) groups is 2. The number of ether oxygens (including phenoxy) is 1. The molecule has 0 spiro atoms. The van der Waals surface area contributed by atoms with Crippen molar-refractivity contribution < 1.29 is 14.3 Å². The molecule has 1 aromatic rings. The smallest absolute Gasteiger partial charge is 0.320 e. The summed E-state index contributed by atoms with van der Waals surface area (Å²) in [7, 11) is 0. The maximum Gasteiger partial charge on any atom is 0.320 e. The van der Waals surface area contributed by atoms with Gasteiger partial charge in [-0.15, -0.1) is 11.3 Å². The fourth-order valence-electron chi connectivity index (χ4n) is 3.85. The zero-order chi connectivity index (χ0) is 17.8. The molecule has 25 heavy (non-hydrogen) atoms. The van der Waals surface area contributed by atoms with Crippen LogP contribution in [0.3, 0.4) is 0 Å². The van der Waals surface area contributed by atoms with Gasteiger partial charge >= 0.3 is 6.03 Å². The number of fused-ring (bicyclic) bond motifs is 1. The summed E-state index contributed by atoms with van der Waals surface area (Å²) in [5, 5.41) is 6.75. The molecule has 1 aromatic heterocycles. The van der Waals surface area contributed by atoms with E-state index in [4.69, 9.17) is 4.74 Å². The lowest BCUT2D eigenvalue weighted by Gasteiger charge is -2.27. The van der Waals surface area contributed by atoms with E-state index in [1.165, 1.54) is 24.2 Å². The van der Waals surface area contributed by atoms with Gasteiger partial charge in [0.2, 0.25) is 0 Å². The SMILES string of the molecule is CC1OCc2sc(NC(=O)NC(C)(C)C3CC3)c(C(=O)C3CCC3)c21. The molecule has 6 heteroatoms. The first-order chi connectivity index (χ1) is 11.9. The summed E-state index contributed by atoms with van der Waals surface area (Å²) in [6.45, 7) is 6.64. The van der Waals surface area contributed by atoms with Gasteiger partial charge < -0.3 is 10.1 Å². The highest BCUT2D eigenvalue weighted by atomic mass is 32.1. The standard InChI is InChI=1S/C19H26N2O3S/c1-10-14-13(9-24-10)25-17(15(14)16(22)11-5-4-6-11)20-18(23)21-19(2,3)12-7-8-12/h10-12H,4-9H2,1-3H3,(H2,20,21,23). The molecule has 3 aliphatic rings. The van der Waals surface area contributed by atoms with E-state index < -0.39 is 0 Å². The molecule has 2 fully saturated rings. The molecule has 1 unspecified atom stereocenters. The van der Waals surface area contributed by atoms with Crippen LogP contribution in [0, 0.1) is 11.8 Å². The molecule has 2 amide bonds. The number of ketones is 1. The highest BCUT2D eigenvalue weighted by Crippen LogP contribution is 2.46. The number of urea groups is 1. The summed E-state index contributed by atoms with van der Waals surface area (Å²) in [5.74, 6) is 0.840. The molecule has 5 nitrogen and oxygen atoms in total. The molecule has 0 aromatic carbocycles. The molecule has 0 saturated heterocycles. The van der Waals surface area contributed by atoms with Crippen LogP contribution in [0.2, 0.25) is 0 Å². The second kappa shape index (κ2) is 6.09. The monoisotopic (exact) mass is 362 g/mol. The van der Waals surface area contributed by atoms with Gasteiger partial charge in [-0.3, -0.25) is 10.1 Å². The van der Waals surface area contributed by atoms with Gasteiger partial charge in [0, 0.05) is 21.9 Å². The van der Waals surface area contributed by atoms with Crippen molar-refractivity contribution in [2.45, 2.75) is 71.1 Å². The Kier molecular flexibility index (Phi) is 4.15. The lowest BCUT2D eigenvalue weighted by Crippen LogP contribution is -2.47. The Labute approximate surface area is 152 Å². The van der Waals surface area contributed by atoms with E-state index in [-0.39, 0.29) is 29.4 Å². The minimum Gasteiger partial charge on any atom is -0.368 e. The second-order valence-corrected chi connectivity index (χ2v) is 9.27. The van der Waals surface area contributed by atoms with Crippen LogP contribution in [-0.4, -0.2) is 17.4 Å². The number of carbonyl (C=O) groups excluding carboxylic acids is 2. The van der Waals surface area contributed by atoms with E-state index in [2.05, 4.69) is 24.5 Å². The highest BCUT2D eigenvalue weighted by Gasteiger charge is 2.40. The van der Waals surface area contributed by atoms with Crippen LogP contribution in [0.5, 0.6) is 0 Å². The number of anilines is 1. The number of nitrogens with one attached hydrogen (secondary N) is 2. The Balaban J connectivity index is 1.57. The van der Waals surface area contributed by atoms with Crippen LogP contribution in [0.25, 0.3) is 0 Å². The van der Waals surface area contributed by atoms with Gasteiger partial charge in [-0.25, -0.2) is 4.79 Å². The maximum absolute atomic E-state index is 13.0. The second-order valence-electron chi connectivity index (χ2n) is 8.16. The molecule has 0 radical (unpaired) electrons. The Hall–Kier alpha value is -1.40. The van der Waals surface area contributed by atoms with E-state index in [0.29, 0.717) is 23.1 Å². The third kappa shape index (κ3) is 3.10. The van der Waals surface area contributed by atoms with E-state index in [1.54, 1.807) is 0 Å². The molecule has 0 bridgehead atoms. The molecule has 4 rings (SSSR count). The van der Waals surface area contributed by atoms with Crippen LogP contribution in [0.1, 0.15) is 79.8 Å². The third-order valence-corrected chi connectivity index (χ3v) is 6.97. The highest BCUT2D eigenvalue weighted by molar-refractivity contribution is 7.17. The topological polar surface area (TPSA) is 67.4 Å². The Bertz CT molecular complexity index is 716. The molecule has 136 valence electrons. The van der Waals surface area contributed by atoms with Gasteiger partial charge in [0.05, 0.1) is 18.3 Å². The van der Waals surface area contributed by atoms with Crippen LogP contribution >= 0.6 is 11.3 Å². The maximum atomic E-state index is 13.0. The summed E-state index contributed by atoms with van der Waals surface area (Å²) in [5.41, 5.74) is 1.49. The fourth-order valence-corrected chi connectivity index (χ4v) is 5.06. The Morgan fingerprint density at radius 3 is 2.52 bits per heavy atom. The molecule has 1 atom stereocenters. The molecule has 2 aliphatic carbocycles. The molecular formula is C19H26N2O3S. The van der Waals surface area contributed by atoms with E-state index >= 15 is 0 Å². The Morgan fingerprint density at radius 1 is 1.20 bits per heavy atom. The summed E-state index contributed by atoms with van der Waals surface area (Å²) in [4.78, 5) is 26.6. The van der Waals surface area contributed by atoms with E-state index in [9.17, 15) is 9.59 Å².